The molecule has 0 saturated carbocycles. The summed E-state index contributed by atoms with van der Waals surface area (Å²) in [6.45, 7) is 2.92. The number of alkyl carbamates (subject to hydrolysis) is 1. The van der Waals surface area contributed by atoms with E-state index < -0.39 is 78.7 Å². The molecule has 3 heterocycles. The van der Waals surface area contributed by atoms with Gasteiger partial charge in [-0.25, -0.2) is 28.9 Å². The zero-order valence-electron chi connectivity index (χ0n) is 25.7. The molecular weight excluding hydrogens is 640 g/mol. The number of hydrogen-bond donors (Lipinski definition) is 3. The summed E-state index contributed by atoms with van der Waals surface area (Å²) >= 11 is 0. The molecule has 1 fully saturated rings. The number of nitrogen functional groups attached to an aromatic ring is 1. The van der Waals surface area contributed by atoms with Crippen molar-refractivity contribution in [1.29, 1.82) is 0 Å². The zero-order chi connectivity index (χ0) is 34.3. The van der Waals surface area contributed by atoms with E-state index in [-0.39, 0.29) is 18.0 Å². The second-order valence-electron chi connectivity index (χ2n) is 11.7. The highest BCUT2D eigenvalue weighted by Gasteiger charge is 2.47. The van der Waals surface area contributed by atoms with Crippen molar-refractivity contribution in [2.45, 2.75) is 63.0 Å². The lowest BCUT2D eigenvalue weighted by atomic mass is 9.98. The molecule has 0 bridgehead atoms. The molecule has 2 aliphatic rings. The van der Waals surface area contributed by atoms with Gasteiger partial charge >= 0.3 is 18.2 Å². The highest BCUT2D eigenvalue weighted by atomic mass is 19.4. The second kappa shape index (κ2) is 13.0. The molecule has 16 heteroatoms. The molecular formula is C32H32F4N6O6. The van der Waals surface area contributed by atoms with E-state index >= 15 is 4.39 Å². The van der Waals surface area contributed by atoms with Crippen LogP contribution < -0.4 is 11.1 Å². The summed E-state index contributed by atoms with van der Waals surface area (Å²) in [7, 11) is 0. The summed E-state index contributed by atoms with van der Waals surface area (Å²) in [5, 5.41) is 13.1. The Morgan fingerprint density at radius 1 is 1.06 bits per heavy atom. The molecule has 1 amide bonds. The molecule has 2 aromatic carbocycles. The van der Waals surface area contributed by atoms with Gasteiger partial charge in [-0.2, -0.15) is 13.2 Å². The number of amides is 1. The smallest absolute Gasteiger partial charge is 0.451 e. The molecule has 0 spiro atoms. The van der Waals surface area contributed by atoms with Crippen molar-refractivity contribution in [3.05, 3.63) is 71.8 Å². The zero-order valence-corrected chi connectivity index (χ0v) is 25.7. The van der Waals surface area contributed by atoms with E-state index in [1.165, 1.54) is 0 Å². The summed E-state index contributed by atoms with van der Waals surface area (Å²) in [6.07, 6.45) is -11.4. The van der Waals surface area contributed by atoms with E-state index in [0.717, 1.165) is 33.1 Å². The highest BCUT2D eigenvalue weighted by molar-refractivity contribution is 5.83. The van der Waals surface area contributed by atoms with Gasteiger partial charge < -0.3 is 30.4 Å². The predicted octanol–water partition coefficient (Wildman–Crippen LogP) is 4.52. The summed E-state index contributed by atoms with van der Waals surface area (Å²) in [6, 6.07) is 14.5. The van der Waals surface area contributed by atoms with Gasteiger partial charge in [-0.3, -0.25) is 4.57 Å². The SMILES string of the molecule is CC[C@@H](C)[C@@H](NC(=O)OCC1c2ccccc2-c2ccccc21)C(=O)OC[C@H]1O[C@@H](n2cnc3c(N)nc(C(F)(F)F)nc32)[C@@H](F)[C@@H]1O. The lowest BCUT2D eigenvalue weighted by Gasteiger charge is -2.24. The van der Waals surface area contributed by atoms with Crippen molar-refractivity contribution in [2.24, 2.45) is 5.92 Å². The number of rotatable bonds is 9. The number of nitrogens with one attached hydrogen (secondary N) is 1. The Balaban J connectivity index is 1.10. The fourth-order valence-electron chi connectivity index (χ4n) is 6.01. The Bertz CT molecular complexity index is 1790. The number of benzene rings is 2. The van der Waals surface area contributed by atoms with Crippen molar-refractivity contribution in [3.8, 4) is 11.1 Å². The van der Waals surface area contributed by atoms with Crippen molar-refractivity contribution >= 4 is 29.0 Å². The van der Waals surface area contributed by atoms with Crippen LogP contribution in [0.1, 0.15) is 49.4 Å². The van der Waals surface area contributed by atoms with Crippen molar-refractivity contribution in [1.82, 2.24) is 24.8 Å². The average molecular weight is 673 g/mol. The van der Waals surface area contributed by atoms with Crippen LogP contribution in [-0.2, 0) is 25.2 Å². The first-order valence-corrected chi connectivity index (χ1v) is 15.2. The monoisotopic (exact) mass is 672 g/mol. The van der Waals surface area contributed by atoms with Crippen LogP contribution in [-0.4, -0.2) is 74.3 Å². The van der Waals surface area contributed by atoms with Crippen molar-refractivity contribution < 1.29 is 46.5 Å². The largest absolute Gasteiger partial charge is 0.461 e. The molecule has 1 aliphatic carbocycles. The number of carbonyl (C=O) groups excluding carboxylic acids is 2. The van der Waals surface area contributed by atoms with E-state index in [0.29, 0.717) is 6.42 Å². The number of nitrogens with two attached hydrogens (primary N) is 1. The van der Waals surface area contributed by atoms with Gasteiger partial charge in [-0.15, -0.1) is 0 Å². The third-order valence-corrected chi connectivity index (χ3v) is 8.74. The summed E-state index contributed by atoms with van der Waals surface area (Å²) < 4.78 is 72.5. The number of fused-ring (bicyclic) bond motifs is 4. The van der Waals surface area contributed by atoms with Crippen LogP contribution in [0.15, 0.2) is 54.9 Å². The number of halogens is 4. The van der Waals surface area contributed by atoms with E-state index in [1.807, 2.05) is 55.5 Å². The Labute approximate surface area is 271 Å². The van der Waals surface area contributed by atoms with E-state index in [4.69, 9.17) is 19.9 Å². The van der Waals surface area contributed by atoms with Crippen LogP contribution in [0, 0.1) is 5.92 Å². The summed E-state index contributed by atoms with van der Waals surface area (Å²) in [5.74, 6) is -3.62. The number of esters is 1. The van der Waals surface area contributed by atoms with Crippen LogP contribution in [0.4, 0.5) is 28.2 Å². The molecule has 1 aliphatic heterocycles. The fourth-order valence-corrected chi connectivity index (χ4v) is 6.01. The molecule has 254 valence electrons. The number of aliphatic hydroxyl groups excluding tert-OH is 1. The van der Waals surface area contributed by atoms with Gasteiger partial charge in [0.1, 0.15) is 37.0 Å². The molecule has 0 unspecified atom stereocenters. The maximum absolute atomic E-state index is 15.3. The van der Waals surface area contributed by atoms with E-state index in [1.54, 1.807) is 6.92 Å². The minimum Gasteiger partial charge on any atom is -0.461 e. The van der Waals surface area contributed by atoms with Gasteiger partial charge in [0.25, 0.3) is 0 Å². The Kier molecular flexibility index (Phi) is 8.96. The minimum absolute atomic E-state index is 0.0213. The van der Waals surface area contributed by atoms with E-state index in [9.17, 15) is 27.9 Å². The fraction of sp³-hybridized carbons (Fsp3) is 0.406. The highest BCUT2D eigenvalue weighted by Crippen LogP contribution is 2.44. The van der Waals surface area contributed by atoms with Gasteiger partial charge in [0.2, 0.25) is 5.82 Å². The quantitative estimate of drug-likeness (QED) is 0.170. The third kappa shape index (κ3) is 6.12. The van der Waals surface area contributed by atoms with Crippen LogP contribution in [0.2, 0.25) is 0 Å². The Hall–Kier alpha value is -4.83. The van der Waals surface area contributed by atoms with Crippen LogP contribution in [0.5, 0.6) is 0 Å². The molecule has 2 aromatic heterocycles. The van der Waals surface area contributed by atoms with Gasteiger partial charge in [-0.1, -0.05) is 68.8 Å². The lowest BCUT2D eigenvalue weighted by molar-refractivity contribution is -0.153. The molecule has 0 radical (unpaired) electrons. The number of aliphatic hydroxyl groups is 1. The number of nitrogens with zero attached hydrogens (tertiary/aromatic N) is 4. The first kappa shape index (κ1) is 33.1. The predicted molar refractivity (Wildman–Crippen MR) is 162 cm³/mol. The first-order chi connectivity index (χ1) is 22.9. The van der Waals surface area contributed by atoms with Crippen molar-refractivity contribution in [2.75, 3.05) is 18.9 Å². The molecule has 6 rings (SSSR count). The second-order valence-corrected chi connectivity index (χ2v) is 11.7. The average Bonchev–Trinajstić information content (AvgIpc) is 3.72. The van der Waals surface area contributed by atoms with Crippen LogP contribution in [0.25, 0.3) is 22.3 Å². The molecule has 4 aromatic rings. The van der Waals surface area contributed by atoms with E-state index in [2.05, 4.69) is 20.3 Å². The summed E-state index contributed by atoms with van der Waals surface area (Å²) in [5.41, 5.74) is 9.08. The lowest BCUT2D eigenvalue weighted by Crippen LogP contribution is -2.47. The molecule has 6 atom stereocenters. The molecule has 48 heavy (non-hydrogen) atoms. The topological polar surface area (TPSA) is 164 Å². The maximum atomic E-state index is 15.3. The number of ether oxygens (including phenoxy) is 3. The van der Waals surface area contributed by atoms with Gasteiger partial charge in [-0.05, 0) is 28.2 Å². The third-order valence-electron chi connectivity index (χ3n) is 8.74. The molecule has 1 saturated heterocycles. The van der Waals surface area contributed by atoms with Gasteiger partial charge in [0, 0.05) is 5.92 Å². The van der Waals surface area contributed by atoms with Crippen molar-refractivity contribution in [3.63, 3.8) is 0 Å². The Morgan fingerprint density at radius 2 is 1.71 bits per heavy atom. The Morgan fingerprint density at radius 3 is 2.33 bits per heavy atom. The number of anilines is 1. The summed E-state index contributed by atoms with van der Waals surface area (Å²) in [4.78, 5) is 36.6. The number of hydrogen-bond acceptors (Lipinski definition) is 10. The standard InChI is InChI=1S/C32H32F4N6O6/c1-3-15(2)23(39-31(45)47-12-20-18-10-6-4-8-16(18)17-9-5-7-11-19(17)20)29(44)46-13-21-25(43)22(33)28(48-21)42-14-38-24-26(37)40-30(32(34,35)36)41-27(24)42/h4-11,14-15,20-23,25,28,43H,3,12-13H2,1-2H3,(H,39,45)(H2,37,40,41)/t15-,21-,22+,23-,25-,28-/m1/s1. The first-order valence-electron chi connectivity index (χ1n) is 15.2. The normalized spacial score (nSPS) is 21.8. The number of carbonyl (C=O) groups is 2. The number of alkyl halides is 4. The number of aromatic nitrogens is 4. The molecule has 12 nitrogen and oxygen atoms in total. The number of imidazole rings is 1. The minimum atomic E-state index is -4.95. The van der Waals surface area contributed by atoms with Crippen LogP contribution in [0.3, 0.4) is 0 Å². The van der Waals surface area contributed by atoms with Gasteiger partial charge in [0.15, 0.2) is 23.9 Å². The molecule has 4 N–H and O–H groups in total. The maximum Gasteiger partial charge on any atom is 0.451 e. The van der Waals surface area contributed by atoms with Crippen LogP contribution >= 0.6 is 0 Å². The van der Waals surface area contributed by atoms with Gasteiger partial charge in [0.05, 0.1) is 6.33 Å².